The number of nitrogen functional groups attached to an aromatic ring is 1. The molecule has 2 aliphatic rings. The lowest BCUT2D eigenvalue weighted by Crippen LogP contribution is -2.45. The fourth-order valence-corrected chi connectivity index (χ4v) is 7.44. The second-order valence-electron chi connectivity index (χ2n) is 12.6. The molecule has 45 heavy (non-hydrogen) atoms. The predicted molar refractivity (Wildman–Crippen MR) is 178 cm³/mol. The molecule has 0 bridgehead atoms. The van der Waals surface area contributed by atoms with Crippen LogP contribution in [0.5, 0.6) is 0 Å². The van der Waals surface area contributed by atoms with Crippen LogP contribution < -0.4 is 5.73 Å². The van der Waals surface area contributed by atoms with Crippen molar-refractivity contribution in [2.24, 2.45) is 5.92 Å². The van der Waals surface area contributed by atoms with Crippen LogP contribution in [-0.2, 0) is 17.9 Å². The zero-order valence-electron chi connectivity index (χ0n) is 25.6. The van der Waals surface area contributed by atoms with E-state index in [9.17, 15) is 9.18 Å². The summed E-state index contributed by atoms with van der Waals surface area (Å²) in [5.74, 6) is 0.986. The van der Waals surface area contributed by atoms with Crippen LogP contribution in [0.15, 0.2) is 97.2 Å². The predicted octanol–water partition coefficient (Wildman–Crippen LogP) is 7.09. The van der Waals surface area contributed by atoms with Crippen molar-refractivity contribution in [2.45, 2.75) is 44.7 Å². The molecule has 0 unspecified atom stereocenters. The van der Waals surface area contributed by atoms with Gasteiger partial charge in [-0.25, -0.2) is 9.37 Å². The summed E-state index contributed by atoms with van der Waals surface area (Å²) in [6.45, 7) is 4.82. The summed E-state index contributed by atoms with van der Waals surface area (Å²) in [5, 5.41) is 1.11. The van der Waals surface area contributed by atoms with Crippen molar-refractivity contribution in [2.75, 3.05) is 31.9 Å². The largest absolute Gasteiger partial charge is 0.384 e. The molecule has 0 saturated carbocycles. The average Bonchev–Trinajstić information content (AvgIpc) is 3.38. The smallest absolute Gasteiger partial charge is 0.225 e. The Balaban J connectivity index is 1.10. The van der Waals surface area contributed by atoms with E-state index in [1.54, 1.807) is 18.3 Å². The number of hydrogen-bond donors (Lipinski definition) is 1. The molecule has 2 saturated heterocycles. The van der Waals surface area contributed by atoms with Crippen molar-refractivity contribution in [3.8, 4) is 11.3 Å². The van der Waals surface area contributed by atoms with Gasteiger partial charge in [-0.3, -0.25) is 9.69 Å². The van der Waals surface area contributed by atoms with Crippen LogP contribution in [0, 0.1) is 11.7 Å². The molecule has 0 aliphatic carbocycles. The number of likely N-dealkylation sites (tertiary alicyclic amines) is 2. The number of carbonyl (C=O) groups excluding carboxylic acids is 1. The molecule has 2 N–H and O–H groups in total. The summed E-state index contributed by atoms with van der Waals surface area (Å²) in [7, 11) is 0. The lowest BCUT2D eigenvalue weighted by atomic mass is 9.85. The van der Waals surface area contributed by atoms with Gasteiger partial charge in [-0.2, -0.15) is 0 Å². The van der Waals surface area contributed by atoms with Gasteiger partial charge in [0.05, 0.1) is 11.2 Å². The first-order chi connectivity index (χ1) is 22.0. The van der Waals surface area contributed by atoms with Crippen LogP contribution in [-0.4, -0.2) is 51.4 Å². The maximum absolute atomic E-state index is 14.7. The topological polar surface area (TPSA) is 67.4 Å². The summed E-state index contributed by atoms with van der Waals surface area (Å²) in [5.41, 5.74) is 12.7. The summed E-state index contributed by atoms with van der Waals surface area (Å²) >= 11 is 0. The molecule has 7 rings (SSSR count). The molecule has 230 valence electrons. The van der Waals surface area contributed by atoms with Gasteiger partial charge in [-0.1, -0.05) is 60.7 Å². The van der Waals surface area contributed by atoms with Crippen LogP contribution in [0.1, 0.15) is 48.3 Å². The number of pyridine rings is 1. The van der Waals surface area contributed by atoms with Gasteiger partial charge in [-0.05, 0) is 97.3 Å². The number of nitrogens with zero attached hydrogens (tertiary/aromatic N) is 4. The van der Waals surface area contributed by atoms with E-state index in [-0.39, 0.29) is 17.7 Å². The number of halogens is 1. The van der Waals surface area contributed by atoms with Crippen molar-refractivity contribution in [1.82, 2.24) is 19.4 Å². The normalized spacial score (nSPS) is 16.8. The molecular weight excluding hydrogens is 561 g/mol. The molecule has 4 heterocycles. The van der Waals surface area contributed by atoms with Crippen LogP contribution in [0.4, 0.5) is 10.2 Å². The Labute approximate surface area is 264 Å². The Morgan fingerprint density at radius 3 is 2.22 bits per heavy atom. The Kier molecular flexibility index (Phi) is 8.35. The number of benzene rings is 3. The molecule has 6 nitrogen and oxygen atoms in total. The summed E-state index contributed by atoms with van der Waals surface area (Å²) < 4.78 is 17.0. The first kappa shape index (κ1) is 29.2. The molecule has 0 atom stereocenters. The van der Waals surface area contributed by atoms with Crippen molar-refractivity contribution < 1.29 is 9.18 Å². The standard InChI is InChI=1S/C38H40FN5O/c39-32-11-12-33-34(24-32)44(26-27-7-3-1-4-8-27)37(30-9-5-2-6-10-30)36(33)29-16-21-43(22-17-29)38(45)31-14-19-42(20-15-31)25-28-13-18-41-35(40)23-28/h1-13,18,23-24,29,31H,14-17,19-22,25-26H2,(H2,40,41). The number of piperidine rings is 2. The fourth-order valence-electron chi connectivity index (χ4n) is 7.44. The monoisotopic (exact) mass is 601 g/mol. The van der Waals surface area contributed by atoms with E-state index in [1.807, 2.05) is 30.3 Å². The quantitative estimate of drug-likeness (QED) is 0.216. The maximum Gasteiger partial charge on any atom is 0.225 e. The highest BCUT2D eigenvalue weighted by Gasteiger charge is 2.33. The van der Waals surface area contributed by atoms with Crippen LogP contribution in [0.3, 0.4) is 0 Å². The Morgan fingerprint density at radius 1 is 0.800 bits per heavy atom. The van der Waals surface area contributed by atoms with Crippen molar-refractivity contribution in [3.05, 3.63) is 120 Å². The lowest BCUT2D eigenvalue weighted by Gasteiger charge is -2.37. The number of amides is 1. The Morgan fingerprint density at radius 2 is 1.51 bits per heavy atom. The third kappa shape index (κ3) is 6.22. The van der Waals surface area contributed by atoms with Gasteiger partial charge in [0.2, 0.25) is 5.91 Å². The highest BCUT2D eigenvalue weighted by Crippen LogP contribution is 2.43. The van der Waals surface area contributed by atoms with E-state index in [4.69, 9.17) is 5.73 Å². The number of hydrogen-bond acceptors (Lipinski definition) is 4. The Hall–Kier alpha value is -4.49. The van der Waals surface area contributed by atoms with Gasteiger partial charge in [0.25, 0.3) is 0 Å². The van der Waals surface area contributed by atoms with E-state index in [0.717, 1.165) is 86.1 Å². The van der Waals surface area contributed by atoms with E-state index in [1.165, 1.54) is 11.1 Å². The highest BCUT2D eigenvalue weighted by molar-refractivity contribution is 5.93. The number of rotatable bonds is 7. The van der Waals surface area contributed by atoms with E-state index < -0.39 is 0 Å². The number of anilines is 1. The minimum absolute atomic E-state index is 0.0796. The van der Waals surface area contributed by atoms with E-state index in [0.29, 0.717) is 18.3 Å². The molecule has 2 aliphatic heterocycles. The Bertz CT molecular complexity index is 1770. The number of fused-ring (bicyclic) bond motifs is 1. The minimum atomic E-state index is -0.225. The number of nitrogens with two attached hydrogens (primary N) is 1. The third-order valence-electron chi connectivity index (χ3n) is 9.70. The summed E-state index contributed by atoms with van der Waals surface area (Å²) in [6.07, 6.45) is 5.32. The SMILES string of the molecule is Nc1cc(CN2CCC(C(=O)N3CCC(c4c(-c5ccccc5)n(Cc5ccccc5)c5cc(F)ccc45)CC3)CC2)ccn1. The van der Waals surface area contributed by atoms with Gasteiger partial charge in [0.1, 0.15) is 11.6 Å². The van der Waals surface area contributed by atoms with Gasteiger partial charge in [0.15, 0.2) is 0 Å². The van der Waals surface area contributed by atoms with E-state index >= 15 is 0 Å². The van der Waals surface area contributed by atoms with Crippen molar-refractivity contribution >= 4 is 22.6 Å². The minimum Gasteiger partial charge on any atom is -0.384 e. The number of carbonyl (C=O) groups is 1. The molecule has 3 aromatic carbocycles. The first-order valence-corrected chi connectivity index (χ1v) is 16.2. The molecule has 0 radical (unpaired) electrons. The third-order valence-corrected chi connectivity index (χ3v) is 9.70. The summed E-state index contributed by atoms with van der Waals surface area (Å²) in [4.78, 5) is 22.3. The maximum atomic E-state index is 14.7. The molecule has 2 fully saturated rings. The molecule has 0 spiro atoms. The average molecular weight is 602 g/mol. The fraction of sp³-hybridized carbons (Fsp3) is 0.316. The summed E-state index contributed by atoms with van der Waals surface area (Å²) in [6, 6.07) is 30.1. The van der Waals surface area contributed by atoms with Gasteiger partial charge < -0.3 is 15.2 Å². The second-order valence-corrected chi connectivity index (χ2v) is 12.6. The molecular formula is C38H40FN5O. The number of aromatic nitrogens is 2. The van der Waals surface area contributed by atoms with Crippen LogP contribution in [0.25, 0.3) is 22.2 Å². The zero-order valence-corrected chi connectivity index (χ0v) is 25.6. The molecule has 2 aromatic heterocycles. The van der Waals surface area contributed by atoms with Gasteiger partial charge in [0, 0.05) is 43.7 Å². The van der Waals surface area contributed by atoms with Crippen molar-refractivity contribution in [1.29, 1.82) is 0 Å². The van der Waals surface area contributed by atoms with E-state index in [2.05, 4.69) is 67.9 Å². The molecule has 1 amide bonds. The first-order valence-electron chi connectivity index (χ1n) is 16.2. The zero-order chi connectivity index (χ0) is 30.8. The molecule has 5 aromatic rings. The van der Waals surface area contributed by atoms with Crippen LogP contribution in [0.2, 0.25) is 0 Å². The van der Waals surface area contributed by atoms with Crippen LogP contribution >= 0.6 is 0 Å². The van der Waals surface area contributed by atoms with Gasteiger partial charge in [-0.15, -0.1) is 0 Å². The lowest BCUT2D eigenvalue weighted by molar-refractivity contribution is -0.138. The second kappa shape index (κ2) is 12.9. The highest BCUT2D eigenvalue weighted by atomic mass is 19.1. The molecule has 7 heteroatoms. The van der Waals surface area contributed by atoms with Gasteiger partial charge >= 0.3 is 0 Å². The van der Waals surface area contributed by atoms with Crippen molar-refractivity contribution in [3.63, 3.8) is 0 Å².